The van der Waals surface area contributed by atoms with Crippen molar-refractivity contribution < 1.29 is 0 Å². The van der Waals surface area contributed by atoms with Crippen molar-refractivity contribution in [1.82, 2.24) is 5.32 Å². The molecule has 100 valence electrons. The normalized spacial score (nSPS) is 12.4. The number of hydrogen-bond donors (Lipinski definition) is 1. The van der Waals surface area contributed by atoms with Crippen molar-refractivity contribution in [3.63, 3.8) is 0 Å². The summed E-state index contributed by atoms with van der Waals surface area (Å²) in [5.41, 5.74) is 2.50. The standard InChI is InChI=1S/C16H17ClIN/c1-2-19-16(12-7-9-14(18)10-8-12)11-13-5-3-4-6-15(13)17/h3-10,16,19H,2,11H2,1H3. The summed E-state index contributed by atoms with van der Waals surface area (Å²) in [6, 6.07) is 17.0. The highest BCUT2D eigenvalue weighted by molar-refractivity contribution is 14.1. The molecule has 0 fully saturated rings. The van der Waals surface area contributed by atoms with Crippen LogP contribution in [-0.2, 0) is 6.42 Å². The van der Waals surface area contributed by atoms with E-state index in [0.717, 1.165) is 18.0 Å². The second-order valence-corrected chi connectivity index (χ2v) is 6.11. The zero-order valence-electron chi connectivity index (χ0n) is 10.9. The van der Waals surface area contributed by atoms with Crippen LogP contribution < -0.4 is 5.32 Å². The summed E-state index contributed by atoms with van der Waals surface area (Å²) in [6.45, 7) is 3.08. The quantitative estimate of drug-likeness (QED) is 0.726. The lowest BCUT2D eigenvalue weighted by molar-refractivity contribution is 0.550. The highest BCUT2D eigenvalue weighted by Crippen LogP contribution is 2.24. The van der Waals surface area contributed by atoms with Crippen molar-refractivity contribution in [2.45, 2.75) is 19.4 Å². The van der Waals surface area contributed by atoms with Gasteiger partial charge in [-0.3, -0.25) is 0 Å². The molecule has 0 radical (unpaired) electrons. The van der Waals surface area contributed by atoms with Gasteiger partial charge in [0, 0.05) is 14.6 Å². The lowest BCUT2D eigenvalue weighted by Gasteiger charge is -2.19. The Morgan fingerprint density at radius 2 is 1.79 bits per heavy atom. The Bertz CT molecular complexity index is 525. The summed E-state index contributed by atoms with van der Waals surface area (Å²) in [5, 5.41) is 4.38. The van der Waals surface area contributed by atoms with Gasteiger partial charge in [-0.05, 0) is 64.9 Å². The molecule has 1 unspecified atom stereocenters. The number of nitrogens with one attached hydrogen (secondary N) is 1. The molecule has 0 aliphatic heterocycles. The van der Waals surface area contributed by atoms with E-state index in [1.165, 1.54) is 14.7 Å². The van der Waals surface area contributed by atoms with Gasteiger partial charge in [-0.15, -0.1) is 0 Å². The first kappa shape index (κ1) is 14.8. The van der Waals surface area contributed by atoms with Crippen molar-refractivity contribution in [3.05, 3.63) is 68.3 Å². The first-order valence-electron chi connectivity index (χ1n) is 6.43. The molecule has 2 aromatic rings. The maximum atomic E-state index is 6.25. The fourth-order valence-electron chi connectivity index (χ4n) is 2.13. The van der Waals surface area contributed by atoms with Crippen LogP contribution in [0.15, 0.2) is 48.5 Å². The minimum Gasteiger partial charge on any atom is -0.310 e. The van der Waals surface area contributed by atoms with Crippen LogP contribution in [0.1, 0.15) is 24.1 Å². The summed E-state index contributed by atoms with van der Waals surface area (Å²) >= 11 is 8.58. The van der Waals surface area contributed by atoms with Gasteiger partial charge in [0.15, 0.2) is 0 Å². The molecule has 0 heterocycles. The number of hydrogen-bond acceptors (Lipinski definition) is 1. The van der Waals surface area contributed by atoms with Gasteiger partial charge in [0.25, 0.3) is 0 Å². The molecule has 0 amide bonds. The van der Waals surface area contributed by atoms with Crippen molar-refractivity contribution >= 4 is 34.2 Å². The van der Waals surface area contributed by atoms with Gasteiger partial charge in [-0.1, -0.05) is 48.9 Å². The topological polar surface area (TPSA) is 12.0 Å². The second-order valence-electron chi connectivity index (χ2n) is 4.46. The average molecular weight is 386 g/mol. The SMILES string of the molecule is CCNC(Cc1ccccc1Cl)c1ccc(I)cc1. The molecule has 0 saturated heterocycles. The summed E-state index contributed by atoms with van der Waals surface area (Å²) < 4.78 is 1.26. The molecule has 0 aromatic heterocycles. The van der Waals surface area contributed by atoms with E-state index >= 15 is 0 Å². The molecule has 0 aliphatic carbocycles. The van der Waals surface area contributed by atoms with Crippen LogP contribution in [0.25, 0.3) is 0 Å². The summed E-state index contributed by atoms with van der Waals surface area (Å²) in [6.07, 6.45) is 0.911. The van der Waals surface area contributed by atoms with Crippen molar-refractivity contribution in [3.8, 4) is 0 Å². The Morgan fingerprint density at radius 1 is 1.11 bits per heavy atom. The van der Waals surface area contributed by atoms with E-state index in [4.69, 9.17) is 11.6 Å². The largest absolute Gasteiger partial charge is 0.310 e. The number of rotatable bonds is 5. The van der Waals surface area contributed by atoms with Gasteiger partial charge in [0.2, 0.25) is 0 Å². The molecular weight excluding hydrogens is 369 g/mol. The van der Waals surface area contributed by atoms with E-state index in [1.807, 2.05) is 18.2 Å². The fraction of sp³-hybridized carbons (Fsp3) is 0.250. The van der Waals surface area contributed by atoms with Gasteiger partial charge < -0.3 is 5.32 Å². The molecule has 19 heavy (non-hydrogen) atoms. The monoisotopic (exact) mass is 385 g/mol. The van der Waals surface area contributed by atoms with Crippen LogP contribution in [0, 0.1) is 3.57 Å². The molecule has 2 aromatic carbocycles. The van der Waals surface area contributed by atoms with E-state index in [1.54, 1.807) is 0 Å². The summed E-state index contributed by atoms with van der Waals surface area (Å²) in [5.74, 6) is 0. The Balaban J connectivity index is 2.21. The van der Waals surface area contributed by atoms with Crippen molar-refractivity contribution in [2.75, 3.05) is 6.54 Å². The van der Waals surface area contributed by atoms with Crippen LogP contribution in [0.4, 0.5) is 0 Å². The molecule has 2 rings (SSSR count). The molecular formula is C16H17ClIN. The van der Waals surface area contributed by atoms with Crippen molar-refractivity contribution in [2.24, 2.45) is 0 Å². The zero-order valence-corrected chi connectivity index (χ0v) is 13.8. The lowest BCUT2D eigenvalue weighted by Crippen LogP contribution is -2.23. The van der Waals surface area contributed by atoms with Gasteiger partial charge in [0.1, 0.15) is 0 Å². The van der Waals surface area contributed by atoms with Crippen LogP contribution in [0.5, 0.6) is 0 Å². The average Bonchev–Trinajstić information content (AvgIpc) is 2.42. The Labute approximate surface area is 133 Å². The van der Waals surface area contributed by atoms with E-state index in [-0.39, 0.29) is 0 Å². The molecule has 0 aliphatic rings. The predicted octanol–water partition coefficient (Wildman–Crippen LogP) is 4.84. The van der Waals surface area contributed by atoms with E-state index in [0.29, 0.717) is 6.04 Å². The third-order valence-corrected chi connectivity index (χ3v) is 4.19. The van der Waals surface area contributed by atoms with E-state index < -0.39 is 0 Å². The minimum absolute atomic E-state index is 0.307. The van der Waals surface area contributed by atoms with Gasteiger partial charge in [0.05, 0.1) is 0 Å². The first-order chi connectivity index (χ1) is 9.20. The molecule has 1 nitrogen and oxygen atoms in total. The maximum absolute atomic E-state index is 6.25. The minimum atomic E-state index is 0.307. The summed E-state index contributed by atoms with van der Waals surface area (Å²) in [7, 11) is 0. The first-order valence-corrected chi connectivity index (χ1v) is 7.88. The molecule has 3 heteroatoms. The molecule has 0 saturated carbocycles. The second kappa shape index (κ2) is 7.27. The fourth-order valence-corrected chi connectivity index (χ4v) is 2.71. The number of benzene rings is 2. The highest BCUT2D eigenvalue weighted by Gasteiger charge is 2.12. The van der Waals surface area contributed by atoms with Crippen LogP contribution in [0.2, 0.25) is 5.02 Å². The summed E-state index contributed by atoms with van der Waals surface area (Å²) in [4.78, 5) is 0. The predicted molar refractivity (Wildman–Crippen MR) is 90.7 cm³/mol. The Hall–Kier alpha value is -0.580. The number of likely N-dealkylation sites (N-methyl/N-ethyl adjacent to an activating group) is 1. The third-order valence-electron chi connectivity index (χ3n) is 3.10. The zero-order chi connectivity index (χ0) is 13.7. The van der Waals surface area contributed by atoms with Gasteiger partial charge >= 0.3 is 0 Å². The van der Waals surface area contributed by atoms with E-state index in [2.05, 4.69) is 65.2 Å². The third kappa shape index (κ3) is 4.20. The van der Waals surface area contributed by atoms with Crippen LogP contribution in [-0.4, -0.2) is 6.54 Å². The molecule has 0 spiro atoms. The lowest BCUT2D eigenvalue weighted by atomic mass is 9.99. The van der Waals surface area contributed by atoms with Gasteiger partial charge in [-0.25, -0.2) is 0 Å². The maximum Gasteiger partial charge on any atom is 0.0438 e. The number of halogens is 2. The molecule has 1 N–H and O–H groups in total. The smallest absolute Gasteiger partial charge is 0.0438 e. The highest BCUT2D eigenvalue weighted by atomic mass is 127. The van der Waals surface area contributed by atoms with Crippen LogP contribution >= 0.6 is 34.2 Å². The Kier molecular flexibility index (Phi) is 5.67. The van der Waals surface area contributed by atoms with Gasteiger partial charge in [-0.2, -0.15) is 0 Å². The van der Waals surface area contributed by atoms with Crippen LogP contribution in [0.3, 0.4) is 0 Å². The van der Waals surface area contributed by atoms with Crippen molar-refractivity contribution in [1.29, 1.82) is 0 Å². The molecule has 0 bridgehead atoms. The van der Waals surface area contributed by atoms with E-state index in [9.17, 15) is 0 Å². The Morgan fingerprint density at radius 3 is 2.42 bits per heavy atom. The molecule has 1 atom stereocenters.